The zero-order valence-corrected chi connectivity index (χ0v) is 21.5. The molecule has 0 fully saturated rings. The summed E-state index contributed by atoms with van der Waals surface area (Å²) >= 11 is 0. The Morgan fingerprint density at radius 2 is 1.75 bits per heavy atom. The predicted molar refractivity (Wildman–Crippen MR) is 135 cm³/mol. The van der Waals surface area contributed by atoms with Gasteiger partial charge in [0.1, 0.15) is 0 Å². The summed E-state index contributed by atoms with van der Waals surface area (Å²) in [7, 11) is 3.14. The molecule has 0 aliphatic carbocycles. The Bertz CT molecular complexity index is 718. The Labute approximate surface area is 196 Å². The first-order valence-corrected chi connectivity index (χ1v) is 12.8. The molecule has 3 unspecified atom stereocenters. The zero-order valence-electron chi connectivity index (χ0n) is 20.4. The van der Waals surface area contributed by atoms with Crippen LogP contribution in [0.2, 0.25) is 0 Å². The summed E-state index contributed by atoms with van der Waals surface area (Å²) in [5.74, 6) is -0.296. The number of carbonyl (C=O) groups is 1. The lowest BCUT2D eigenvalue weighted by molar-refractivity contribution is -0.385. The van der Waals surface area contributed by atoms with Gasteiger partial charge in [-0.05, 0) is 36.4 Å². The highest BCUT2D eigenvalue weighted by Gasteiger charge is 2.33. The molecule has 0 heterocycles. The highest BCUT2D eigenvalue weighted by Crippen LogP contribution is 2.41. The molecule has 182 valence electrons. The molecule has 1 rings (SSSR count). The highest BCUT2D eigenvalue weighted by molar-refractivity contribution is 7.19. The molecule has 0 bridgehead atoms. The number of aliphatic hydroxyl groups is 1. The average Bonchev–Trinajstić information content (AvgIpc) is 2.80. The van der Waals surface area contributed by atoms with Crippen molar-refractivity contribution < 1.29 is 14.8 Å². The molecule has 3 atom stereocenters. The maximum atomic E-state index is 12.9. The van der Waals surface area contributed by atoms with Crippen molar-refractivity contribution in [1.29, 1.82) is 0 Å². The third kappa shape index (κ3) is 8.44. The van der Waals surface area contributed by atoms with Crippen molar-refractivity contribution in [1.82, 2.24) is 5.32 Å². The van der Waals surface area contributed by atoms with Gasteiger partial charge in [0.2, 0.25) is 0 Å². The van der Waals surface area contributed by atoms with Crippen molar-refractivity contribution in [2.24, 2.45) is 5.92 Å². The Kier molecular flexibility index (Phi) is 13.0. The minimum absolute atomic E-state index is 0.0981. The van der Waals surface area contributed by atoms with Crippen LogP contribution in [0.15, 0.2) is 18.2 Å². The standard InChI is InChI=1S/C25H43N2O4P/c1-5-8-11-21(25(32,14-9-6-2)15-10-7-3)17-26-24(29)20-12-13-22(19(4)18-28)23(16-20)27(30)31/h12-13,16,19,21,28H,5-11,14-15,17-18,32H2,1-4H3,(H,26,29). The van der Waals surface area contributed by atoms with Gasteiger partial charge >= 0.3 is 0 Å². The van der Waals surface area contributed by atoms with Crippen LogP contribution in [0.1, 0.15) is 107 Å². The van der Waals surface area contributed by atoms with Gasteiger partial charge in [-0.15, -0.1) is 9.24 Å². The summed E-state index contributed by atoms with van der Waals surface area (Å²) < 4.78 is 0. The van der Waals surface area contributed by atoms with Gasteiger partial charge in [0, 0.05) is 36.3 Å². The van der Waals surface area contributed by atoms with Crippen molar-refractivity contribution >= 4 is 20.8 Å². The van der Waals surface area contributed by atoms with Crippen molar-refractivity contribution in [2.45, 2.75) is 96.6 Å². The summed E-state index contributed by atoms with van der Waals surface area (Å²) in [5.41, 5.74) is 0.613. The largest absolute Gasteiger partial charge is 0.396 e. The topological polar surface area (TPSA) is 92.5 Å². The number of amides is 1. The molecule has 0 saturated carbocycles. The van der Waals surface area contributed by atoms with Gasteiger partial charge in [-0.1, -0.05) is 72.3 Å². The number of benzene rings is 1. The minimum atomic E-state index is -0.481. The summed E-state index contributed by atoms with van der Waals surface area (Å²) in [4.78, 5) is 24.0. The molecule has 32 heavy (non-hydrogen) atoms. The Hall–Kier alpha value is -1.52. The first-order valence-electron chi connectivity index (χ1n) is 12.2. The zero-order chi connectivity index (χ0) is 24.1. The van der Waals surface area contributed by atoms with Gasteiger partial charge in [-0.25, -0.2) is 0 Å². The van der Waals surface area contributed by atoms with Crippen LogP contribution in [0.3, 0.4) is 0 Å². The van der Waals surface area contributed by atoms with E-state index in [4.69, 9.17) is 0 Å². The SMILES string of the molecule is CCCCC(CNC(=O)c1ccc(C(C)CO)c([N+](=O)[O-])c1)C(P)(CCCC)CCCC. The molecule has 0 aliphatic rings. The molecule has 0 spiro atoms. The fourth-order valence-corrected chi connectivity index (χ4v) is 4.96. The fraction of sp³-hybridized carbons (Fsp3) is 0.720. The number of nitrogens with zero attached hydrogens (tertiary/aromatic N) is 1. The summed E-state index contributed by atoms with van der Waals surface area (Å²) in [5, 5.41) is 24.1. The fourth-order valence-electron chi connectivity index (χ4n) is 4.26. The molecule has 6 nitrogen and oxygen atoms in total. The van der Waals surface area contributed by atoms with Crippen molar-refractivity contribution in [3.05, 3.63) is 39.4 Å². The maximum Gasteiger partial charge on any atom is 0.273 e. The molecule has 1 aromatic rings. The van der Waals surface area contributed by atoms with Crippen LogP contribution >= 0.6 is 9.24 Å². The second-order valence-corrected chi connectivity index (χ2v) is 10.3. The van der Waals surface area contributed by atoms with Crippen LogP contribution < -0.4 is 5.32 Å². The number of nitro benzene ring substituents is 1. The lowest BCUT2D eigenvalue weighted by Gasteiger charge is -2.38. The van der Waals surface area contributed by atoms with Crippen LogP contribution in [0.4, 0.5) is 5.69 Å². The van der Waals surface area contributed by atoms with E-state index in [-0.39, 0.29) is 34.8 Å². The molecule has 7 heteroatoms. The lowest BCUT2D eigenvalue weighted by Crippen LogP contribution is -2.40. The Morgan fingerprint density at radius 3 is 2.25 bits per heavy atom. The Morgan fingerprint density at radius 1 is 1.16 bits per heavy atom. The normalized spacial score (nSPS) is 13.6. The van der Waals surface area contributed by atoms with E-state index in [1.165, 1.54) is 18.9 Å². The average molecular weight is 467 g/mol. The van der Waals surface area contributed by atoms with E-state index in [0.717, 1.165) is 44.9 Å². The van der Waals surface area contributed by atoms with E-state index in [1.54, 1.807) is 19.1 Å². The summed E-state index contributed by atoms with van der Waals surface area (Å²) in [6.45, 7) is 8.72. The molecule has 1 aromatic carbocycles. The second-order valence-electron chi connectivity index (χ2n) is 9.10. The van der Waals surface area contributed by atoms with Crippen molar-refractivity contribution in [3.63, 3.8) is 0 Å². The molecule has 0 radical (unpaired) electrons. The number of nitro groups is 1. The van der Waals surface area contributed by atoms with Crippen LogP contribution in [-0.4, -0.2) is 34.2 Å². The van der Waals surface area contributed by atoms with Crippen molar-refractivity contribution in [2.75, 3.05) is 13.2 Å². The van der Waals surface area contributed by atoms with Crippen molar-refractivity contribution in [3.8, 4) is 0 Å². The van der Waals surface area contributed by atoms with Gasteiger partial charge in [0.15, 0.2) is 0 Å². The predicted octanol–water partition coefficient (Wildman–Crippen LogP) is 6.22. The van der Waals surface area contributed by atoms with Gasteiger partial charge in [0.25, 0.3) is 11.6 Å². The van der Waals surface area contributed by atoms with Crippen LogP contribution in [0, 0.1) is 16.0 Å². The second kappa shape index (κ2) is 14.6. The van der Waals surface area contributed by atoms with E-state index < -0.39 is 4.92 Å². The van der Waals surface area contributed by atoms with Gasteiger partial charge in [-0.2, -0.15) is 0 Å². The van der Waals surface area contributed by atoms with Crippen LogP contribution in [0.25, 0.3) is 0 Å². The number of hydrogen-bond acceptors (Lipinski definition) is 4. The monoisotopic (exact) mass is 466 g/mol. The lowest BCUT2D eigenvalue weighted by atomic mass is 9.80. The highest BCUT2D eigenvalue weighted by atomic mass is 31.0. The Balaban J connectivity index is 3.04. The van der Waals surface area contributed by atoms with Gasteiger partial charge < -0.3 is 10.4 Å². The number of hydrogen-bond donors (Lipinski definition) is 2. The van der Waals surface area contributed by atoms with Crippen LogP contribution in [-0.2, 0) is 0 Å². The molecule has 0 aliphatic heterocycles. The molecular formula is C25H43N2O4P. The van der Waals surface area contributed by atoms with E-state index >= 15 is 0 Å². The number of unbranched alkanes of at least 4 members (excludes halogenated alkanes) is 3. The quantitative estimate of drug-likeness (QED) is 0.172. The third-order valence-electron chi connectivity index (χ3n) is 6.51. The van der Waals surface area contributed by atoms with Gasteiger partial charge in [-0.3, -0.25) is 14.9 Å². The van der Waals surface area contributed by atoms with E-state index in [1.807, 2.05) is 0 Å². The smallest absolute Gasteiger partial charge is 0.273 e. The summed E-state index contributed by atoms with van der Waals surface area (Å²) in [6.07, 6.45) is 10.2. The van der Waals surface area contributed by atoms with E-state index in [9.17, 15) is 20.0 Å². The van der Waals surface area contributed by atoms with E-state index in [0.29, 0.717) is 18.0 Å². The minimum Gasteiger partial charge on any atom is -0.396 e. The number of aliphatic hydroxyl groups excluding tert-OH is 1. The molecular weight excluding hydrogens is 423 g/mol. The number of rotatable bonds is 16. The van der Waals surface area contributed by atoms with E-state index in [2.05, 4.69) is 35.3 Å². The number of carbonyl (C=O) groups excluding carboxylic acids is 1. The molecule has 1 amide bonds. The van der Waals surface area contributed by atoms with Crippen LogP contribution in [0.5, 0.6) is 0 Å². The third-order valence-corrected chi connectivity index (χ3v) is 7.56. The first-order chi connectivity index (χ1) is 15.2. The molecule has 2 N–H and O–H groups in total. The first kappa shape index (κ1) is 28.5. The maximum absolute atomic E-state index is 12.9. The molecule has 0 saturated heterocycles. The summed E-state index contributed by atoms with van der Waals surface area (Å²) in [6, 6.07) is 4.54. The number of nitrogens with one attached hydrogen (secondary N) is 1. The molecule has 0 aromatic heterocycles. The van der Waals surface area contributed by atoms with Gasteiger partial charge in [0.05, 0.1) is 4.92 Å².